The monoisotopic (exact) mass is 502 g/mol. The molecule has 0 amide bonds. The van der Waals surface area contributed by atoms with Gasteiger partial charge < -0.3 is 9.84 Å². The van der Waals surface area contributed by atoms with Gasteiger partial charge in [0.2, 0.25) is 0 Å². The van der Waals surface area contributed by atoms with Crippen LogP contribution in [0.15, 0.2) is 24.3 Å². The van der Waals surface area contributed by atoms with Gasteiger partial charge in [0.15, 0.2) is 0 Å². The maximum atomic E-state index is 11.3. The summed E-state index contributed by atoms with van der Waals surface area (Å²) in [6.45, 7) is 0. The van der Waals surface area contributed by atoms with Gasteiger partial charge in [-0.05, 0) is 84.0 Å². The van der Waals surface area contributed by atoms with Gasteiger partial charge in [0, 0.05) is 20.1 Å². The molecule has 8 heteroatoms. The molecule has 2 aromatic carbocycles. The number of aliphatic carboxylic acids is 1. The van der Waals surface area contributed by atoms with Crippen LogP contribution in [-0.2, 0) is 27.2 Å². The molecule has 0 spiro atoms. The van der Waals surface area contributed by atoms with Crippen LogP contribution in [0, 0.1) is 0 Å². The molecule has 0 unspecified atom stereocenters. The van der Waals surface area contributed by atoms with Crippen molar-refractivity contribution >= 4 is 58.3 Å². The first kappa shape index (κ1) is 24.2. The van der Waals surface area contributed by atoms with Crippen molar-refractivity contribution in [2.24, 2.45) is 0 Å². The third kappa shape index (κ3) is 6.76. The van der Waals surface area contributed by atoms with Gasteiger partial charge >= 0.3 is 11.9 Å². The Bertz CT molecular complexity index is 998. The molecular formula is C23H22Cl4O4. The summed E-state index contributed by atoms with van der Waals surface area (Å²) in [4.78, 5) is 22.0. The molecule has 0 radical (unpaired) electrons. The van der Waals surface area contributed by atoms with Crippen molar-refractivity contribution < 1.29 is 19.4 Å². The zero-order valence-corrected chi connectivity index (χ0v) is 19.9. The molecular weight excluding hydrogens is 482 g/mol. The summed E-state index contributed by atoms with van der Waals surface area (Å²) in [5, 5.41) is 11.0. The second-order valence-electron chi connectivity index (χ2n) is 7.78. The Kier molecular flexibility index (Phi) is 8.14. The lowest BCUT2D eigenvalue weighted by Gasteiger charge is -2.10. The van der Waals surface area contributed by atoms with E-state index in [2.05, 4.69) is 4.74 Å². The van der Waals surface area contributed by atoms with Crippen molar-refractivity contribution in [3.8, 4) is 0 Å². The first-order valence-electron chi connectivity index (χ1n) is 9.93. The van der Waals surface area contributed by atoms with E-state index in [1.54, 1.807) is 12.1 Å². The number of carboxylic acid groups (broad SMARTS) is 1. The smallest absolute Gasteiger partial charge is 0.310 e. The lowest BCUT2D eigenvalue weighted by molar-refractivity contribution is -0.140. The number of carbonyl (C=O) groups excluding carboxylic acids is 1. The fraction of sp³-hybridized carbons (Fsp3) is 0.391. The van der Waals surface area contributed by atoms with Crippen LogP contribution >= 0.6 is 46.4 Å². The van der Waals surface area contributed by atoms with Crippen LogP contribution in [0.3, 0.4) is 0 Å². The molecule has 2 saturated carbocycles. The van der Waals surface area contributed by atoms with Gasteiger partial charge in [0.25, 0.3) is 0 Å². The maximum Gasteiger partial charge on any atom is 0.310 e. The van der Waals surface area contributed by atoms with E-state index in [-0.39, 0.29) is 18.8 Å². The lowest BCUT2D eigenvalue weighted by atomic mass is 10.0. The first-order chi connectivity index (χ1) is 14.7. The van der Waals surface area contributed by atoms with Gasteiger partial charge in [0.1, 0.15) is 0 Å². The Labute approximate surface area is 201 Å². The molecule has 31 heavy (non-hydrogen) atoms. The fourth-order valence-electron chi connectivity index (χ4n) is 3.50. The molecule has 0 heterocycles. The highest BCUT2D eigenvalue weighted by Gasteiger charge is 2.29. The van der Waals surface area contributed by atoms with Crippen molar-refractivity contribution in [2.75, 3.05) is 7.11 Å². The quantitative estimate of drug-likeness (QED) is 0.427. The predicted molar refractivity (Wildman–Crippen MR) is 124 cm³/mol. The second-order valence-corrected chi connectivity index (χ2v) is 9.47. The van der Waals surface area contributed by atoms with E-state index >= 15 is 0 Å². The van der Waals surface area contributed by atoms with Crippen LogP contribution < -0.4 is 0 Å². The number of benzene rings is 2. The number of halogens is 4. The molecule has 0 aliphatic heterocycles. The first-order valence-corrected chi connectivity index (χ1v) is 11.4. The van der Waals surface area contributed by atoms with E-state index in [9.17, 15) is 9.59 Å². The topological polar surface area (TPSA) is 63.6 Å². The Morgan fingerprint density at radius 2 is 1.26 bits per heavy atom. The van der Waals surface area contributed by atoms with E-state index < -0.39 is 5.97 Å². The number of ether oxygens (including phenoxy) is 1. The number of rotatable bonds is 6. The average molecular weight is 504 g/mol. The summed E-state index contributed by atoms with van der Waals surface area (Å²) in [7, 11) is 1.38. The number of hydrogen-bond donors (Lipinski definition) is 1. The summed E-state index contributed by atoms with van der Waals surface area (Å²) in [6.07, 6.45) is 4.68. The minimum atomic E-state index is -0.860. The molecule has 4 rings (SSSR count). The Balaban J connectivity index is 0.000000176. The minimum Gasteiger partial charge on any atom is -0.481 e. The third-order valence-electron chi connectivity index (χ3n) is 5.30. The van der Waals surface area contributed by atoms with Gasteiger partial charge in [-0.3, -0.25) is 9.59 Å². The molecule has 2 aliphatic rings. The van der Waals surface area contributed by atoms with Crippen molar-refractivity contribution in [3.63, 3.8) is 0 Å². The average Bonchev–Trinajstić information content (AvgIpc) is 3.58. The summed E-state index contributed by atoms with van der Waals surface area (Å²) in [6, 6.07) is 7.02. The molecule has 166 valence electrons. The van der Waals surface area contributed by atoms with Gasteiger partial charge in [0.05, 0.1) is 20.0 Å². The summed E-state index contributed by atoms with van der Waals surface area (Å²) >= 11 is 24.0. The molecule has 0 aromatic heterocycles. The fourth-order valence-corrected chi connectivity index (χ4v) is 4.66. The zero-order valence-electron chi connectivity index (χ0n) is 16.9. The summed E-state index contributed by atoms with van der Waals surface area (Å²) in [5.41, 5.74) is 3.69. The van der Waals surface area contributed by atoms with Gasteiger partial charge in [-0.25, -0.2) is 0 Å². The molecule has 0 atom stereocenters. The molecule has 0 bridgehead atoms. The highest BCUT2D eigenvalue weighted by atomic mass is 35.5. The lowest BCUT2D eigenvalue weighted by Crippen LogP contribution is -2.07. The van der Waals surface area contributed by atoms with Gasteiger partial charge in [-0.15, -0.1) is 0 Å². The zero-order chi connectivity index (χ0) is 22.7. The van der Waals surface area contributed by atoms with Crippen molar-refractivity contribution in [3.05, 3.63) is 66.6 Å². The molecule has 2 aliphatic carbocycles. The van der Waals surface area contributed by atoms with Crippen molar-refractivity contribution in [1.82, 2.24) is 0 Å². The van der Waals surface area contributed by atoms with Crippen molar-refractivity contribution in [2.45, 2.75) is 50.4 Å². The van der Waals surface area contributed by atoms with E-state index in [1.807, 2.05) is 12.1 Å². The molecule has 4 nitrogen and oxygen atoms in total. The SMILES string of the molecule is COC(=O)Cc1c(Cl)cc(Cl)cc1C1CC1.O=C(O)Cc1c(Cl)cc(Cl)cc1C1CC1. The largest absolute Gasteiger partial charge is 0.481 e. The Hall–Kier alpha value is -1.46. The standard InChI is InChI=1S/C12H12Cl2O2.C11H10Cl2O2/c1-16-12(15)6-10-9(7-2-3-7)4-8(13)5-11(10)14;12-7-3-8(6-1-2-6)9(5-11(14)15)10(13)4-7/h4-5,7H,2-3,6H2,1H3;3-4,6H,1-2,5H2,(H,14,15). The normalized spacial score (nSPS) is 15.1. The molecule has 0 saturated heterocycles. The number of methoxy groups -OCH3 is 1. The summed E-state index contributed by atoms with van der Waals surface area (Å²) in [5.74, 6) is -0.168. The second kappa shape index (κ2) is 10.4. The molecule has 2 fully saturated rings. The number of hydrogen-bond acceptors (Lipinski definition) is 3. The van der Waals surface area contributed by atoms with Crippen LogP contribution in [0.1, 0.15) is 59.8 Å². The predicted octanol–water partition coefficient (Wildman–Crippen LogP) is 7.08. The van der Waals surface area contributed by atoms with Crippen LogP contribution in [0.25, 0.3) is 0 Å². The number of carboxylic acids is 1. The van der Waals surface area contributed by atoms with Crippen LogP contribution in [0.4, 0.5) is 0 Å². The highest BCUT2D eigenvalue weighted by molar-refractivity contribution is 6.36. The number of carbonyl (C=O) groups is 2. The highest BCUT2D eigenvalue weighted by Crippen LogP contribution is 2.45. The molecule has 1 N–H and O–H groups in total. The van der Waals surface area contributed by atoms with Gasteiger partial charge in [-0.1, -0.05) is 46.4 Å². The van der Waals surface area contributed by atoms with E-state index in [4.69, 9.17) is 51.5 Å². The van der Waals surface area contributed by atoms with Gasteiger partial charge in [-0.2, -0.15) is 0 Å². The van der Waals surface area contributed by atoms with E-state index in [1.165, 1.54) is 7.11 Å². The van der Waals surface area contributed by atoms with Crippen LogP contribution in [-0.4, -0.2) is 24.2 Å². The van der Waals surface area contributed by atoms with Crippen LogP contribution in [0.2, 0.25) is 20.1 Å². The Morgan fingerprint density at radius 3 is 1.61 bits per heavy atom. The third-order valence-corrected chi connectivity index (χ3v) is 6.41. The van der Waals surface area contributed by atoms with Crippen LogP contribution in [0.5, 0.6) is 0 Å². The van der Waals surface area contributed by atoms with E-state index in [0.29, 0.717) is 31.9 Å². The minimum absolute atomic E-state index is 0.0260. The number of esters is 1. The summed E-state index contributed by atoms with van der Waals surface area (Å²) < 4.78 is 4.66. The Morgan fingerprint density at radius 1 is 0.839 bits per heavy atom. The maximum absolute atomic E-state index is 11.3. The van der Waals surface area contributed by atoms with E-state index in [0.717, 1.165) is 47.9 Å². The van der Waals surface area contributed by atoms with Crippen molar-refractivity contribution in [1.29, 1.82) is 0 Å². The molecule has 2 aromatic rings.